The molecular weight excluding hydrogens is 412 g/mol. The standard InChI is InChI=1S/C23H26N4O3S/c28-21-9-15-31-20-7-6-17(16-19(20)25-21)23(30)24-10-8-22(29)27-13-11-26(12-14-27)18-4-2-1-3-5-18/h1-7,16H,8-15H2,(H,24,30)(H,25,28). The normalized spacial score (nSPS) is 16.2. The van der Waals surface area contributed by atoms with Crippen molar-refractivity contribution in [2.24, 2.45) is 0 Å². The molecule has 0 saturated carbocycles. The Morgan fingerprint density at radius 1 is 1.03 bits per heavy atom. The minimum Gasteiger partial charge on any atom is -0.368 e. The fourth-order valence-electron chi connectivity index (χ4n) is 3.76. The van der Waals surface area contributed by atoms with Crippen LogP contribution in [0.1, 0.15) is 23.2 Å². The summed E-state index contributed by atoms with van der Waals surface area (Å²) in [5.41, 5.74) is 2.33. The van der Waals surface area contributed by atoms with Gasteiger partial charge in [-0.05, 0) is 30.3 Å². The number of rotatable bonds is 5. The summed E-state index contributed by atoms with van der Waals surface area (Å²) >= 11 is 1.60. The second-order valence-corrected chi connectivity index (χ2v) is 8.70. The molecule has 0 aliphatic carbocycles. The number of thioether (sulfide) groups is 1. The van der Waals surface area contributed by atoms with Crippen molar-refractivity contribution >= 4 is 40.9 Å². The minimum atomic E-state index is -0.243. The Labute approximate surface area is 186 Å². The van der Waals surface area contributed by atoms with E-state index in [1.165, 1.54) is 5.69 Å². The molecule has 2 aliphatic heterocycles. The van der Waals surface area contributed by atoms with Crippen molar-refractivity contribution in [2.75, 3.05) is 48.7 Å². The lowest BCUT2D eigenvalue weighted by Crippen LogP contribution is -2.49. The fourth-order valence-corrected chi connectivity index (χ4v) is 4.69. The van der Waals surface area contributed by atoms with Gasteiger partial charge in [0.1, 0.15) is 0 Å². The molecule has 0 radical (unpaired) electrons. The van der Waals surface area contributed by atoms with Gasteiger partial charge in [0.15, 0.2) is 0 Å². The molecule has 2 aromatic rings. The number of piperazine rings is 1. The van der Waals surface area contributed by atoms with Crippen LogP contribution in [0.25, 0.3) is 0 Å². The van der Waals surface area contributed by atoms with Crippen LogP contribution in [0, 0.1) is 0 Å². The molecule has 0 atom stereocenters. The van der Waals surface area contributed by atoms with Gasteiger partial charge < -0.3 is 20.4 Å². The Bertz CT molecular complexity index is 959. The summed E-state index contributed by atoms with van der Waals surface area (Å²) in [6.45, 7) is 3.27. The molecule has 0 aromatic heterocycles. The predicted octanol–water partition coefficient (Wildman–Crippen LogP) is 2.59. The molecule has 7 nitrogen and oxygen atoms in total. The topological polar surface area (TPSA) is 81.8 Å². The quantitative estimate of drug-likeness (QED) is 0.750. The Hall–Kier alpha value is -3.00. The van der Waals surface area contributed by atoms with Gasteiger partial charge in [0.2, 0.25) is 11.8 Å². The first-order chi connectivity index (χ1) is 15.1. The first kappa shape index (κ1) is 21.2. The van der Waals surface area contributed by atoms with Crippen LogP contribution in [0.2, 0.25) is 0 Å². The SMILES string of the molecule is O=C1CCSc2ccc(C(=O)NCCC(=O)N3CCN(c4ccccc4)CC3)cc2N1. The third-order valence-electron chi connectivity index (χ3n) is 5.48. The van der Waals surface area contributed by atoms with Crippen LogP contribution in [-0.2, 0) is 9.59 Å². The number of carbonyl (C=O) groups is 3. The molecule has 0 spiro atoms. The number of carbonyl (C=O) groups excluding carboxylic acids is 3. The first-order valence-corrected chi connectivity index (χ1v) is 11.5. The van der Waals surface area contributed by atoms with Gasteiger partial charge >= 0.3 is 0 Å². The number of amides is 3. The molecule has 1 fully saturated rings. The van der Waals surface area contributed by atoms with Gasteiger partial charge in [-0.15, -0.1) is 11.8 Å². The zero-order chi connectivity index (χ0) is 21.6. The molecule has 2 N–H and O–H groups in total. The predicted molar refractivity (Wildman–Crippen MR) is 123 cm³/mol. The summed E-state index contributed by atoms with van der Waals surface area (Å²) < 4.78 is 0. The van der Waals surface area contributed by atoms with Gasteiger partial charge in [-0.2, -0.15) is 0 Å². The molecule has 1 saturated heterocycles. The monoisotopic (exact) mass is 438 g/mol. The maximum absolute atomic E-state index is 12.5. The molecule has 162 valence electrons. The number of nitrogens with one attached hydrogen (secondary N) is 2. The molecule has 0 unspecified atom stereocenters. The van der Waals surface area contributed by atoms with Crippen LogP contribution in [0.3, 0.4) is 0 Å². The molecular formula is C23H26N4O3S. The highest BCUT2D eigenvalue weighted by atomic mass is 32.2. The summed E-state index contributed by atoms with van der Waals surface area (Å²) in [6.07, 6.45) is 0.733. The second-order valence-electron chi connectivity index (χ2n) is 7.57. The lowest BCUT2D eigenvalue weighted by molar-refractivity contribution is -0.131. The molecule has 0 bridgehead atoms. The van der Waals surface area contributed by atoms with Crippen molar-refractivity contribution in [3.63, 3.8) is 0 Å². The number of fused-ring (bicyclic) bond motifs is 1. The van der Waals surface area contributed by atoms with Crippen LogP contribution < -0.4 is 15.5 Å². The molecule has 31 heavy (non-hydrogen) atoms. The number of para-hydroxylation sites is 1. The Morgan fingerprint density at radius 2 is 1.81 bits per heavy atom. The summed E-state index contributed by atoms with van der Waals surface area (Å²) in [4.78, 5) is 41.9. The third kappa shape index (κ3) is 5.38. The van der Waals surface area contributed by atoms with E-state index >= 15 is 0 Å². The average Bonchev–Trinajstić information content (AvgIpc) is 2.99. The van der Waals surface area contributed by atoms with Crippen molar-refractivity contribution in [3.8, 4) is 0 Å². The number of hydrogen-bond donors (Lipinski definition) is 2. The lowest BCUT2D eigenvalue weighted by atomic mass is 10.1. The highest BCUT2D eigenvalue weighted by molar-refractivity contribution is 7.99. The second kappa shape index (κ2) is 9.87. The van der Waals surface area contributed by atoms with Crippen molar-refractivity contribution < 1.29 is 14.4 Å². The van der Waals surface area contributed by atoms with E-state index in [2.05, 4.69) is 27.7 Å². The van der Waals surface area contributed by atoms with Crippen LogP contribution in [0.5, 0.6) is 0 Å². The van der Waals surface area contributed by atoms with E-state index in [1.807, 2.05) is 29.2 Å². The number of nitrogens with zero attached hydrogens (tertiary/aromatic N) is 2. The molecule has 2 heterocycles. The highest BCUT2D eigenvalue weighted by Crippen LogP contribution is 2.31. The number of hydrogen-bond acceptors (Lipinski definition) is 5. The van der Waals surface area contributed by atoms with Crippen LogP contribution >= 0.6 is 11.8 Å². The van der Waals surface area contributed by atoms with Crippen molar-refractivity contribution in [3.05, 3.63) is 54.1 Å². The zero-order valence-corrected chi connectivity index (χ0v) is 18.1. The summed E-state index contributed by atoms with van der Waals surface area (Å²) in [5, 5.41) is 5.67. The summed E-state index contributed by atoms with van der Waals surface area (Å²) in [6, 6.07) is 15.5. The largest absolute Gasteiger partial charge is 0.368 e. The van der Waals surface area contributed by atoms with Crippen LogP contribution in [0.15, 0.2) is 53.4 Å². The van der Waals surface area contributed by atoms with Gasteiger partial charge in [0, 0.05) is 67.5 Å². The maximum atomic E-state index is 12.5. The summed E-state index contributed by atoms with van der Waals surface area (Å²) in [5.74, 6) is 0.500. The lowest BCUT2D eigenvalue weighted by Gasteiger charge is -2.36. The molecule has 4 rings (SSSR count). The van der Waals surface area contributed by atoms with E-state index in [-0.39, 0.29) is 30.7 Å². The van der Waals surface area contributed by atoms with Crippen LogP contribution in [-0.4, -0.2) is 61.1 Å². The minimum absolute atomic E-state index is 0.0400. The first-order valence-electron chi connectivity index (χ1n) is 10.5. The fraction of sp³-hybridized carbons (Fsp3) is 0.348. The van der Waals surface area contributed by atoms with E-state index in [0.29, 0.717) is 30.8 Å². The van der Waals surface area contributed by atoms with Crippen molar-refractivity contribution in [2.45, 2.75) is 17.7 Å². The van der Waals surface area contributed by atoms with E-state index < -0.39 is 0 Å². The highest BCUT2D eigenvalue weighted by Gasteiger charge is 2.21. The Balaban J connectivity index is 1.24. The van der Waals surface area contributed by atoms with E-state index in [0.717, 1.165) is 23.7 Å². The molecule has 2 aromatic carbocycles. The van der Waals surface area contributed by atoms with Crippen molar-refractivity contribution in [1.29, 1.82) is 0 Å². The van der Waals surface area contributed by atoms with E-state index in [4.69, 9.17) is 0 Å². The van der Waals surface area contributed by atoms with E-state index in [9.17, 15) is 14.4 Å². The maximum Gasteiger partial charge on any atom is 0.251 e. The van der Waals surface area contributed by atoms with Crippen LogP contribution in [0.4, 0.5) is 11.4 Å². The smallest absolute Gasteiger partial charge is 0.251 e. The van der Waals surface area contributed by atoms with Gasteiger partial charge in [-0.3, -0.25) is 14.4 Å². The summed E-state index contributed by atoms with van der Waals surface area (Å²) in [7, 11) is 0. The van der Waals surface area contributed by atoms with Gasteiger partial charge in [-0.25, -0.2) is 0 Å². The molecule has 2 aliphatic rings. The zero-order valence-electron chi connectivity index (χ0n) is 17.3. The van der Waals surface area contributed by atoms with Gasteiger partial charge in [0.05, 0.1) is 5.69 Å². The molecule has 8 heteroatoms. The Kier molecular flexibility index (Phi) is 6.76. The number of benzene rings is 2. The number of anilines is 2. The Morgan fingerprint density at radius 3 is 2.58 bits per heavy atom. The van der Waals surface area contributed by atoms with Gasteiger partial charge in [0.25, 0.3) is 5.91 Å². The van der Waals surface area contributed by atoms with Crippen molar-refractivity contribution in [1.82, 2.24) is 10.2 Å². The molecule has 3 amide bonds. The average molecular weight is 439 g/mol. The third-order valence-corrected chi connectivity index (χ3v) is 6.56. The van der Waals surface area contributed by atoms with Gasteiger partial charge in [-0.1, -0.05) is 18.2 Å². The van der Waals surface area contributed by atoms with E-state index in [1.54, 1.807) is 23.9 Å².